The number of rotatable bonds is 5. The van der Waals surface area contributed by atoms with Crippen molar-refractivity contribution < 1.29 is 9.59 Å². The van der Waals surface area contributed by atoms with Gasteiger partial charge in [-0.2, -0.15) is 0 Å². The van der Waals surface area contributed by atoms with E-state index in [4.69, 9.17) is 0 Å². The first-order valence-corrected chi connectivity index (χ1v) is 9.99. The van der Waals surface area contributed by atoms with Crippen LogP contribution in [0.2, 0.25) is 0 Å². The lowest BCUT2D eigenvalue weighted by Gasteiger charge is -2.15. The van der Waals surface area contributed by atoms with Gasteiger partial charge in [0.2, 0.25) is 5.91 Å². The molecule has 1 saturated carbocycles. The zero-order valence-electron chi connectivity index (χ0n) is 16.4. The molecule has 28 heavy (non-hydrogen) atoms. The Labute approximate surface area is 165 Å². The zero-order valence-corrected chi connectivity index (χ0v) is 16.4. The van der Waals surface area contributed by atoms with Gasteiger partial charge in [0.25, 0.3) is 0 Å². The largest absolute Gasteiger partial charge is 0.350 e. The van der Waals surface area contributed by atoms with Gasteiger partial charge in [0.15, 0.2) is 0 Å². The van der Waals surface area contributed by atoms with E-state index in [1.807, 2.05) is 61.1 Å². The van der Waals surface area contributed by atoms with Crippen LogP contribution in [0.4, 0.5) is 5.69 Å². The fraction of sp³-hybridized carbons (Fsp3) is 0.333. The molecular weight excluding hydrogens is 348 g/mol. The molecule has 4 heteroatoms. The predicted molar refractivity (Wildman–Crippen MR) is 112 cm³/mol. The Morgan fingerprint density at radius 2 is 1.96 bits per heavy atom. The second kappa shape index (κ2) is 7.63. The lowest BCUT2D eigenvalue weighted by molar-refractivity contribution is -0.120. The van der Waals surface area contributed by atoms with Gasteiger partial charge in [-0.3, -0.25) is 9.59 Å². The summed E-state index contributed by atoms with van der Waals surface area (Å²) in [6, 6.07) is 16.1. The van der Waals surface area contributed by atoms with Gasteiger partial charge in [-0.15, -0.1) is 0 Å². The molecule has 1 N–H and O–H groups in total. The average molecular weight is 374 g/mol. The highest BCUT2D eigenvalue weighted by atomic mass is 16.2. The second-order valence-corrected chi connectivity index (χ2v) is 7.88. The summed E-state index contributed by atoms with van der Waals surface area (Å²) >= 11 is 0. The quantitative estimate of drug-likeness (QED) is 0.695. The van der Waals surface area contributed by atoms with E-state index in [0.29, 0.717) is 5.78 Å². The summed E-state index contributed by atoms with van der Waals surface area (Å²) in [5.74, 6) is 0.307. The van der Waals surface area contributed by atoms with E-state index in [9.17, 15) is 9.59 Å². The number of fused-ring (bicyclic) bond motifs is 1. The minimum atomic E-state index is -0.249. The van der Waals surface area contributed by atoms with Gasteiger partial charge in [0, 0.05) is 36.5 Å². The smallest absolute Gasteiger partial charge is 0.231 e. The van der Waals surface area contributed by atoms with E-state index in [0.717, 1.165) is 47.8 Å². The van der Waals surface area contributed by atoms with Crippen molar-refractivity contribution >= 4 is 28.3 Å². The van der Waals surface area contributed by atoms with Gasteiger partial charge < -0.3 is 9.88 Å². The number of carbonyl (C=O) groups is 2. The minimum absolute atomic E-state index is 0.0185. The fourth-order valence-corrected chi connectivity index (χ4v) is 4.13. The molecule has 0 bridgehead atoms. The number of benzene rings is 2. The van der Waals surface area contributed by atoms with Gasteiger partial charge >= 0.3 is 0 Å². The Kier molecular flexibility index (Phi) is 5.03. The van der Waals surface area contributed by atoms with Crippen molar-refractivity contribution in [3.63, 3.8) is 0 Å². The highest BCUT2D eigenvalue weighted by Gasteiger charge is 2.24. The molecule has 1 amide bonds. The van der Waals surface area contributed by atoms with Crippen LogP contribution >= 0.6 is 0 Å². The lowest BCUT2D eigenvalue weighted by Crippen LogP contribution is -2.19. The van der Waals surface area contributed by atoms with Crippen molar-refractivity contribution in [1.29, 1.82) is 0 Å². The first-order chi connectivity index (χ1) is 13.5. The van der Waals surface area contributed by atoms with E-state index in [1.165, 1.54) is 5.56 Å². The molecule has 3 aromatic rings. The lowest BCUT2D eigenvalue weighted by atomic mass is 9.94. The van der Waals surface area contributed by atoms with Crippen LogP contribution in [-0.4, -0.2) is 16.3 Å². The SMILES string of the molecule is CC(C(=O)Nc1cccc2c1ccn2C)c1ccc(CC2CCCC2=O)cc1. The van der Waals surface area contributed by atoms with Crippen LogP contribution in [-0.2, 0) is 23.1 Å². The van der Waals surface area contributed by atoms with Crippen molar-refractivity contribution in [2.75, 3.05) is 5.32 Å². The molecule has 4 rings (SSSR count). The van der Waals surface area contributed by atoms with Crippen LogP contribution in [0.5, 0.6) is 0 Å². The maximum atomic E-state index is 12.8. The molecule has 1 aromatic heterocycles. The molecule has 1 aliphatic rings. The molecule has 4 nitrogen and oxygen atoms in total. The summed E-state index contributed by atoms with van der Waals surface area (Å²) in [6.45, 7) is 1.93. The molecule has 1 aliphatic carbocycles. The first-order valence-electron chi connectivity index (χ1n) is 9.99. The Balaban J connectivity index is 1.45. The normalized spacial score (nSPS) is 17.8. The number of hydrogen-bond donors (Lipinski definition) is 1. The van der Waals surface area contributed by atoms with Crippen LogP contribution in [0.1, 0.15) is 43.2 Å². The van der Waals surface area contributed by atoms with E-state index in [-0.39, 0.29) is 17.7 Å². The highest BCUT2D eigenvalue weighted by Crippen LogP contribution is 2.27. The van der Waals surface area contributed by atoms with E-state index in [1.54, 1.807) is 0 Å². The third-order valence-corrected chi connectivity index (χ3v) is 5.97. The predicted octanol–water partition coefficient (Wildman–Crippen LogP) is 4.83. The number of Topliss-reactive ketones (excluding diaryl/α,β-unsaturated/α-hetero) is 1. The maximum absolute atomic E-state index is 12.8. The van der Waals surface area contributed by atoms with Crippen molar-refractivity contribution in [3.8, 4) is 0 Å². The number of hydrogen-bond acceptors (Lipinski definition) is 2. The summed E-state index contributed by atoms with van der Waals surface area (Å²) in [6.07, 6.45) is 5.57. The monoisotopic (exact) mass is 374 g/mol. The number of nitrogens with zero attached hydrogens (tertiary/aromatic N) is 1. The van der Waals surface area contributed by atoms with Crippen LogP contribution in [0, 0.1) is 5.92 Å². The number of amides is 1. The fourth-order valence-electron chi connectivity index (χ4n) is 4.13. The van der Waals surface area contributed by atoms with Crippen molar-refractivity contribution in [1.82, 2.24) is 4.57 Å². The maximum Gasteiger partial charge on any atom is 0.231 e. The first kappa shape index (κ1) is 18.5. The van der Waals surface area contributed by atoms with Crippen LogP contribution in [0.3, 0.4) is 0 Å². The van der Waals surface area contributed by atoms with Gasteiger partial charge in [-0.1, -0.05) is 30.3 Å². The van der Waals surface area contributed by atoms with Gasteiger partial charge in [-0.05, 0) is 55.5 Å². The number of carbonyl (C=O) groups excluding carboxylic acids is 2. The molecule has 0 radical (unpaired) electrons. The van der Waals surface area contributed by atoms with Crippen LogP contribution in [0.25, 0.3) is 10.9 Å². The van der Waals surface area contributed by atoms with E-state index >= 15 is 0 Å². The number of anilines is 1. The van der Waals surface area contributed by atoms with Gasteiger partial charge in [0.05, 0.1) is 11.6 Å². The third kappa shape index (κ3) is 3.59. The third-order valence-electron chi connectivity index (χ3n) is 5.97. The van der Waals surface area contributed by atoms with Crippen molar-refractivity contribution in [3.05, 3.63) is 65.9 Å². The number of ketones is 1. The highest BCUT2D eigenvalue weighted by molar-refractivity contribution is 6.03. The molecule has 0 saturated heterocycles. The molecule has 144 valence electrons. The summed E-state index contributed by atoms with van der Waals surface area (Å²) in [7, 11) is 2.00. The average Bonchev–Trinajstić information content (AvgIpc) is 3.28. The summed E-state index contributed by atoms with van der Waals surface area (Å²) in [4.78, 5) is 24.7. The Morgan fingerprint density at radius 3 is 2.68 bits per heavy atom. The number of nitrogens with one attached hydrogen (secondary N) is 1. The molecule has 2 unspecified atom stereocenters. The minimum Gasteiger partial charge on any atom is -0.350 e. The number of aryl methyl sites for hydroxylation is 1. The zero-order chi connectivity index (χ0) is 19.7. The standard InChI is InChI=1S/C24H26N2O2/c1-16(18-11-9-17(10-12-18)15-19-5-3-8-23(19)27)24(28)25-21-6-4-7-22-20(21)13-14-26(22)2/h4,6-7,9-14,16,19H,3,5,8,15H2,1-2H3,(H,25,28). The van der Waals surface area contributed by atoms with Crippen molar-refractivity contribution in [2.45, 2.75) is 38.5 Å². The summed E-state index contributed by atoms with van der Waals surface area (Å²) in [5.41, 5.74) is 4.09. The summed E-state index contributed by atoms with van der Waals surface area (Å²) in [5, 5.41) is 4.12. The molecule has 2 aromatic carbocycles. The molecule has 1 heterocycles. The number of aromatic nitrogens is 1. The molecule has 0 aliphatic heterocycles. The van der Waals surface area contributed by atoms with Crippen LogP contribution < -0.4 is 5.32 Å². The topological polar surface area (TPSA) is 51.1 Å². The van der Waals surface area contributed by atoms with E-state index < -0.39 is 0 Å². The molecule has 0 spiro atoms. The van der Waals surface area contributed by atoms with Crippen molar-refractivity contribution in [2.24, 2.45) is 13.0 Å². The van der Waals surface area contributed by atoms with Gasteiger partial charge in [0.1, 0.15) is 5.78 Å². The van der Waals surface area contributed by atoms with Crippen LogP contribution in [0.15, 0.2) is 54.7 Å². The van der Waals surface area contributed by atoms with E-state index in [2.05, 4.69) is 17.4 Å². The Morgan fingerprint density at radius 1 is 1.18 bits per heavy atom. The molecule has 2 atom stereocenters. The second-order valence-electron chi connectivity index (χ2n) is 7.88. The molecular formula is C24H26N2O2. The molecule has 1 fully saturated rings. The Bertz CT molecular complexity index is 1020. The van der Waals surface area contributed by atoms with Gasteiger partial charge in [-0.25, -0.2) is 0 Å². The summed E-state index contributed by atoms with van der Waals surface area (Å²) < 4.78 is 2.04. The Hall–Kier alpha value is -2.88.